The second-order valence-electron chi connectivity index (χ2n) is 5.57. The zero-order chi connectivity index (χ0) is 18.6. The summed E-state index contributed by atoms with van der Waals surface area (Å²) >= 11 is 0. The van der Waals surface area contributed by atoms with Crippen molar-refractivity contribution in [2.75, 3.05) is 0 Å². The Labute approximate surface area is 152 Å². The van der Waals surface area contributed by atoms with Gasteiger partial charge in [0.1, 0.15) is 0 Å². The number of unbranched alkanes of at least 4 members (excludes halogenated alkanes) is 1. The minimum Gasteiger partial charge on any atom is -0.481 e. The van der Waals surface area contributed by atoms with Crippen LogP contribution in [0.25, 0.3) is 0 Å². The molecule has 0 amide bonds. The number of aliphatic hydroxyl groups excluding tert-OH is 1. The van der Waals surface area contributed by atoms with Gasteiger partial charge in [-0.3, -0.25) is 4.79 Å². The summed E-state index contributed by atoms with van der Waals surface area (Å²) in [5, 5.41) is 18.3. The average Bonchev–Trinajstić information content (AvgIpc) is 2.58. The highest BCUT2D eigenvalue weighted by atomic mass is 16.4. The molecule has 138 valence electrons. The molecule has 0 rings (SSSR count). The van der Waals surface area contributed by atoms with E-state index in [1.165, 1.54) is 0 Å². The summed E-state index contributed by atoms with van der Waals surface area (Å²) in [4.78, 5) is 10.3. The van der Waals surface area contributed by atoms with Crippen molar-refractivity contribution in [1.82, 2.24) is 0 Å². The van der Waals surface area contributed by atoms with E-state index in [4.69, 9.17) is 5.11 Å². The quantitative estimate of drug-likeness (QED) is 0.248. The van der Waals surface area contributed by atoms with Gasteiger partial charge in [-0.15, -0.1) is 0 Å². The summed E-state index contributed by atoms with van der Waals surface area (Å²) in [5.41, 5.74) is 0. The molecule has 1 unspecified atom stereocenters. The first-order valence-electron chi connectivity index (χ1n) is 9.01. The molecule has 1 atom stereocenters. The van der Waals surface area contributed by atoms with E-state index in [1.54, 1.807) is 6.08 Å². The lowest BCUT2D eigenvalue weighted by molar-refractivity contribution is -0.136. The maximum atomic E-state index is 10.3. The van der Waals surface area contributed by atoms with Gasteiger partial charge in [0, 0.05) is 6.42 Å². The van der Waals surface area contributed by atoms with Crippen molar-refractivity contribution in [3.05, 3.63) is 72.9 Å². The van der Waals surface area contributed by atoms with E-state index in [1.807, 2.05) is 48.6 Å². The van der Waals surface area contributed by atoms with E-state index in [2.05, 4.69) is 25.2 Å². The van der Waals surface area contributed by atoms with Crippen LogP contribution < -0.4 is 0 Å². The fraction of sp³-hybridized carbons (Fsp3) is 0.409. The predicted octanol–water partition coefficient (Wildman–Crippen LogP) is 5.52. The maximum absolute atomic E-state index is 10.3. The van der Waals surface area contributed by atoms with Crippen molar-refractivity contribution in [1.29, 1.82) is 0 Å². The Morgan fingerprint density at radius 3 is 2.28 bits per heavy atom. The van der Waals surface area contributed by atoms with Crippen molar-refractivity contribution in [3.63, 3.8) is 0 Å². The number of carboxylic acids is 1. The smallest absolute Gasteiger partial charge is 0.303 e. The van der Waals surface area contributed by atoms with Gasteiger partial charge in [0.25, 0.3) is 0 Å². The molecule has 0 saturated heterocycles. The van der Waals surface area contributed by atoms with Crippen molar-refractivity contribution in [2.45, 2.75) is 58.0 Å². The number of allylic oxidation sites excluding steroid dienone is 10. The van der Waals surface area contributed by atoms with Gasteiger partial charge in [-0.25, -0.2) is 0 Å². The highest BCUT2D eigenvalue weighted by Gasteiger charge is 1.93. The molecule has 0 aliphatic heterocycles. The van der Waals surface area contributed by atoms with Crippen LogP contribution in [0.4, 0.5) is 0 Å². The van der Waals surface area contributed by atoms with Crippen molar-refractivity contribution in [2.24, 2.45) is 0 Å². The molecule has 3 nitrogen and oxygen atoms in total. The normalized spacial score (nSPS) is 14.3. The Bertz CT molecular complexity index is 493. The number of rotatable bonds is 14. The molecule has 25 heavy (non-hydrogen) atoms. The molecule has 0 aromatic rings. The third-order valence-electron chi connectivity index (χ3n) is 3.21. The number of hydrogen-bond acceptors (Lipinski definition) is 2. The fourth-order valence-electron chi connectivity index (χ4n) is 1.88. The summed E-state index contributed by atoms with van der Waals surface area (Å²) in [7, 11) is 0. The molecular formula is C22H32O3. The van der Waals surface area contributed by atoms with Crippen LogP contribution in [-0.2, 0) is 4.79 Å². The molecule has 2 N–H and O–H groups in total. The van der Waals surface area contributed by atoms with Crippen LogP contribution in [0.15, 0.2) is 72.9 Å². The van der Waals surface area contributed by atoms with Crippen LogP contribution >= 0.6 is 0 Å². The van der Waals surface area contributed by atoms with E-state index in [0.717, 1.165) is 25.7 Å². The Hall–Kier alpha value is -2.13. The molecule has 0 heterocycles. The van der Waals surface area contributed by atoms with E-state index < -0.39 is 12.1 Å². The number of carbonyl (C=O) groups is 1. The first-order valence-corrected chi connectivity index (χ1v) is 9.01. The largest absolute Gasteiger partial charge is 0.481 e. The van der Waals surface area contributed by atoms with Crippen LogP contribution in [0, 0.1) is 0 Å². The minimum absolute atomic E-state index is 0.169. The topological polar surface area (TPSA) is 57.5 Å². The highest BCUT2D eigenvalue weighted by Crippen LogP contribution is 1.99. The van der Waals surface area contributed by atoms with Gasteiger partial charge in [0.15, 0.2) is 0 Å². The van der Waals surface area contributed by atoms with Crippen LogP contribution in [0.3, 0.4) is 0 Å². The molecule has 0 spiro atoms. The lowest BCUT2D eigenvalue weighted by Crippen LogP contribution is -1.98. The predicted molar refractivity (Wildman–Crippen MR) is 106 cm³/mol. The highest BCUT2D eigenvalue weighted by molar-refractivity contribution is 5.66. The van der Waals surface area contributed by atoms with E-state index in [0.29, 0.717) is 12.8 Å². The van der Waals surface area contributed by atoms with Gasteiger partial charge in [-0.1, -0.05) is 79.8 Å². The number of hydrogen-bond donors (Lipinski definition) is 2. The number of aliphatic carboxylic acids is 1. The zero-order valence-electron chi connectivity index (χ0n) is 15.3. The fourth-order valence-corrected chi connectivity index (χ4v) is 1.88. The molecule has 0 bridgehead atoms. The Morgan fingerprint density at radius 2 is 1.52 bits per heavy atom. The third-order valence-corrected chi connectivity index (χ3v) is 3.21. The van der Waals surface area contributed by atoms with Gasteiger partial charge in [0.05, 0.1) is 6.10 Å². The summed E-state index contributed by atoms with van der Waals surface area (Å²) in [6, 6.07) is 0. The van der Waals surface area contributed by atoms with Crippen molar-refractivity contribution < 1.29 is 15.0 Å². The van der Waals surface area contributed by atoms with Gasteiger partial charge >= 0.3 is 5.97 Å². The second kappa shape index (κ2) is 18.2. The zero-order valence-corrected chi connectivity index (χ0v) is 15.3. The maximum Gasteiger partial charge on any atom is 0.303 e. The van der Waals surface area contributed by atoms with Crippen LogP contribution in [0.2, 0.25) is 0 Å². The van der Waals surface area contributed by atoms with Gasteiger partial charge < -0.3 is 10.2 Å². The minimum atomic E-state index is -0.774. The Kier molecular flexibility index (Phi) is 16.7. The molecule has 0 aromatic heterocycles. The van der Waals surface area contributed by atoms with E-state index >= 15 is 0 Å². The average molecular weight is 344 g/mol. The molecule has 0 aliphatic rings. The van der Waals surface area contributed by atoms with Crippen LogP contribution in [0.5, 0.6) is 0 Å². The molecule has 0 aliphatic carbocycles. The second-order valence-corrected chi connectivity index (χ2v) is 5.57. The van der Waals surface area contributed by atoms with Crippen molar-refractivity contribution >= 4 is 5.97 Å². The molecular weight excluding hydrogens is 312 g/mol. The Balaban J connectivity index is 3.74. The summed E-state index contributed by atoms with van der Waals surface area (Å²) in [5.74, 6) is -0.774. The summed E-state index contributed by atoms with van der Waals surface area (Å²) in [6.07, 6.45) is 28.5. The SMILES string of the molecule is CC/C=C\CC\C=C/C=C/C=C/C(O)C/C=C\C/C=C\CCC(=O)O. The molecule has 0 aromatic carbocycles. The molecule has 3 heteroatoms. The standard InChI is InChI=1S/C22H32O3/c1-2-3-4-5-6-7-8-9-12-15-18-21(23)19-16-13-10-11-14-17-20-22(24)25/h3-4,7-9,11-16,18,21,23H,2,5-6,10,17,19-20H2,1H3,(H,24,25)/b4-3-,8-7-,12-9+,14-11-,16-13-,18-15+. The van der Waals surface area contributed by atoms with E-state index in [-0.39, 0.29) is 6.42 Å². The van der Waals surface area contributed by atoms with Gasteiger partial charge in [-0.05, 0) is 38.5 Å². The summed E-state index contributed by atoms with van der Waals surface area (Å²) in [6.45, 7) is 2.13. The number of aliphatic hydroxyl groups is 1. The molecule has 0 fully saturated rings. The van der Waals surface area contributed by atoms with Gasteiger partial charge in [-0.2, -0.15) is 0 Å². The number of carboxylic acid groups (broad SMARTS) is 1. The van der Waals surface area contributed by atoms with E-state index in [9.17, 15) is 9.90 Å². The molecule has 0 saturated carbocycles. The van der Waals surface area contributed by atoms with Crippen molar-refractivity contribution in [3.8, 4) is 0 Å². The first kappa shape index (κ1) is 22.9. The third kappa shape index (κ3) is 19.8. The lowest BCUT2D eigenvalue weighted by Gasteiger charge is -1.98. The first-order chi connectivity index (χ1) is 12.2. The lowest BCUT2D eigenvalue weighted by atomic mass is 10.2. The molecule has 0 radical (unpaired) electrons. The van der Waals surface area contributed by atoms with Crippen LogP contribution in [-0.4, -0.2) is 22.3 Å². The Morgan fingerprint density at radius 1 is 0.840 bits per heavy atom. The van der Waals surface area contributed by atoms with Gasteiger partial charge in [0.2, 0.25) is 0 Å². The van der Waals surface area contributed by atoms with Crippen LogP contribution in [0.1, 0.15) is 51.9 Å². The summed E-state index contributed by atoms with van der Waals surface area (Å²) < 4.78 is 0. The monoisotopic (exact) mass is 344 g/mol.